The molecule has 2 aromatic carbocycles. The summed E-state index contributed by atoms with van der Waals surface area (Å²) < 4.78 is 8.22. The standard InChI is InChI=1S/C16H12BrClN4OS/c1-23-14-7-4-12(17)8-11(14)9-19-22-15(20-21-16(22)24)10-2-5-13(18)6-3-10/h2-9H,1H3,(H,21,24)/b19-9-. The lowest BCUT2D eigenvalue weighted by Crippen LogP contribution is -1.96. The Kier molecular flexibility index (Phi) is 5.13. The van der Waals surface area contributed by atoms with Crippen molar-refractivity contribution >= 4 is 46.0 Å². The fourth-order valence-electron chi connectivity index (χ4n) is 2.11. The van der Waals surface area contributed by atoms with E-state index in [9.17, 15) is 0 Å². The first kappa shape index (κ1) is 16.9. The number of nitrogens with one attached hydrogen (secondary N) is 1. The van der Waals surface area contributed by atoms with Crippen LogP contribution in [0.25, 0.3) is 11.4 Å². The van der Waals surface area contributed by atoms with Crippen molar-refractivity contribution in [2.24, 2.45) is 5.10 Å². The van der Waals surface area contributed by atoms with Gasteiger partial charge in [0.1, 0.15) is 5.75 Å². The molecule has 0 aliphatic carbocycles. The van der Waals surface area contributed by atoms with E-state index in [0.717, 1.165) is 15.6 Å². The van der Waals surface area contributed by atoms with E-state index in [0.29, 0.717) is 21.4 Å². The van der Waals surface area contributed by atoms with Crippen LogP contribution in [0, 0.1) is 4.77 Å². The van der Waals surface area contributed by atoms with Gasteiger partial charge in [-0.25, -0.2) is 5.10 Å². The second-order valence-corrected chi connectivity index (χ2v) is 6.54. The molecule has 122 valence electrons. The molecule has 0 amide bonds. The van der Waals surface area contributed by atoms with Crippen LogP contribution in [0.5, 0.6) is 5.75 Å². The maximum absolute atomic E-state index is 5.93. The van der Waals surface area contributed by atoms with E-state index >= 15 is 0 Å². The van der Waals surface area contributed by atoms with E-state index in [-0.39, 0.29) is 0 Å². The second kappa shape index (κ2) is 7.29. The topological polar surface area (TPSA) is 55.2 Å². The number of halogens is 2. The molecule has 0 spiro atoms. The van der Waals surface area contributed by atoms with Gasteiger partial charge in [0.25, 0.3) is 0 Å². The molecule has 3 aromatic rings. The number of ether oxygens (including phenoxy) is 1. The first-order chi connectivity index (χ1) is 11.6. The fourth-order valence-corrected chi connectivity index (χ4v) is 2.79. The number of hydrogen-bond donors (Lipinski definition) is 1. The van der Waals surface area contributed by atoms with Crippen LogP contribution in [-0.4, -0.2) is 28.2 Å². The van der Waals surface area contributed by atoms with Crippen molar-refractivity contribution in [1.82, 2.24) is 14.9 Å². The zero-order valence-electron chi connectivity index (χ0n) is 12.5. The number of aromatic nitrogens is 3. The van der Waals surface area contributed by atoms with Crippen molar-refractivity contribution in [1.29, 1.82) is 0 Å². The first-order valence-corrected chi connectivity index (χ1v) is 8.47. The maximum atomic E-state index is 5.93. The molecule has 8 heteroatoms. The second-order valence-electron chi connectivity index (χ2n) is 4.80. The van der Waals surface area contributed by atoms with Gasteiger partial charge < -0.3 is 4.74 Å². The highest BCUT2D eigenvalue weighted by molar-refractivity contribution is 9.10. The number of aromatic amines is 1. The number of benzene rings is 2. The largest absolute Gasteiger partial charge is 0.496 e. The quantitative estimate of drug-likeness (QED) is 0.479. The van der Waals surface area contributed by atoms with Gasteiger partial charge in [0.15, 0.2) is 5.82 Å². The normalized spacial score (nSPS) is 11.1. The highest BCUT2D eigenvalue weighted by Gasteiger charge is 2.08. The Morgan fingerprint density at radius 1 is 1.29 bits per heavy atom. The summed E-state index contributed by atoms with van der Waals surface area (Å²) in [6, 6.07) is 13.0. The number of nitrogens with zero attached hydrogens (tertiary/aromatic N) is 3. The van der Waals surface area contributed by atoms with Crippen molar-refractivity contribution in [2.45, 2.75) is 0 Å². The minimum Gasteiger partial charge on any atom is -0.496 e. The van der Waals surface area contributed by atoms with Crippen molar-refractivity contribution in [3.63, 3.8) is 0 Å². The molecule has 0 aliphatic rings. The zero-order chi connectivity index (χ0) is 17.1. The molecule has 1 N–H and O–H groups in total. The Morgan fingerprint density at radius 2 is 2.04 bits per heavy atom. The van der Waals surface area contributed by atoms with E-state index in [1.165, 1.54) is 0 Å². The van der Waals surface area contributed by atoms with Crippen LogP contribution in [0.3, 0.4) is 0 Å². The summed E-state index contributed by atoms with van der Waals surface area (Å²) in [5.41, 5.74) is 1.67. The Balaban J connectivity index is 2.02. The molecule has 0 unspecified atom stereocenters. The molecular weight excluding hydrogens is 412 g/mol. The van der Waals surface area contributed by atoms with Crippen LogP contribution < -0.4 is 4.74 Å². The predicted octanol–water partition coefficient (Wildman–Crippen LogP) is 4.91. The third-order valence-corrected chi connectivity index (χ3v) is 4.27. The molecule has 0 saturated heterocycles. The molecule has 0 atom stereocenters. The monoisotopic (exact) mass is 422 g/mol. The highest BCUT2D eigenvalue weighted by Crippen LogP contribution is 2.23. The number of H-pyrrole nitrogens is 1. The van der Waals surface area contributed by atoms with Crippen LogP contribution in [0.1, 0.15) is 5.56 Å². The van der Waals surface area contributed by atoms with Crippen LogP contribution >= 0.6 is 39.7 Å². The summed E-state index contributed by atoms with van der Waals surface area (Å²) in [6.45, 7) is 0. The molecule has 0 radical (unpaired) electrons. The van der Waals surface area contributed by atoms with Crippen molar-refractivity contribution in [3.05, 3.63) is 62.3 Å². The lowest BCUT2D eigenvalue weighted by Gasteiger charge is -2.05. The van der Waals surface area contributed by atoms with Crippen LogP contribution in [0.4, 0.5) is 0 Å². The molecule has 1 aromatic heterocycles. The van der Waals surface area contributed by atoms with E-state index in [1.807, 2.05) is 30.3 Å². The Labute approximate surface area is 157 Å². The number of hydrogen-bond acceptors (Lipinski definition) is 4. The predicted molar refractivity (Wildman–Crippen MR) is 102 cm³/mol. The molecular formula is C16H12BrClN4OS. The molecule has 0 fully saturated rings. The van der Waals surface area contributed by atoms with Crippen molar-refractivity contribution in [3.8, 4) is 17.1 Å². The summed E-state index contributed by atoms with van der Waals surface area (Å²) in [5, 5.41) is 12.1. The van der Waals surface area contributed by atoms with Gasteiger partial charge in [-0.05, 0) is 54.7 Å². The van der Waals surface area contributed by atoms with Gasteiger partial charge in [-0.3, -0.25) is 0 Å². The minimum absolute atomic E-state index is 0.394. The molecule has 5 nitrogen and oxygen atoms in total. The third-order valence-electron chi connectivity index (χ3n) is 3.26. The summed E-state index contributed by atoms with van der Waals surface area (Å²) in [4.78, 5) is 0. The smallest absolute Gasteiger partial charge is 0.216 e. The van der Waals surface area contributed by atoms with Crippen LogP contribution in [0.15, 0.2) is 52.0 Å². The Hall–Kier alpha value is -1.96. The van der Waals surface area contributed by atoms with E-state index in [4.69, 9.17) is 28.6 Å². The summed E-state index contributed by atoms with van der Waals surface area (Å²) >= 11 is 14.6. The van der Waals surface area contributed by atoms with E-state index in [1.54, 1.807) is 30.1 Å². The summed E-state index contributed by atoms with van der Waals surface area (Å²) in [7, 11) is 1.61. The van der Waals surface area contributed by atoms with Crippen molar-refractivity contribution < 1.29 is 4.74 Å². The number of rotatable bonds is 4. The van der Waals surface area contributed by atoms with Gasteiger partial charge in [0.2, 0.25) is 4.77 Å². The molecule has 1 heterocycles. The van der Waals surface area contributed by atoms with E-state index in [2.05, 4.69) is 31.2 Å². The van der Waals surface area contributed by atoms with Gasteiger partial charge in [0.05, 0.1) is 13.3 Å². The van der Waals surface area contributed by atoms with Gasteiger partial charge in [-0.1, -0.05) is 27.5 Å². The SMILES string of the molecule is COc1ccc(Br)cc1/C=N\n1c(-c2ccc(Cl)cc2)n[nH]c1=S. The summed E-state index contributed by atoms with van der Waals surface area (Å²) in [6.07, 6.45) is 1.67. The Morgan fingerprint density at radius 3 is 2.75 bits per heavy atom. The van der Waals surface area contributed by atoms with Gasteiger partial charge >= 0.3 is 0 Å². The molecule has 0 aliphatic heterocycles. The minimum atomic E-state index is 0.394. The molecule has 3 rings (SSSR count). The van der Waals surface area contributed by atoms with Crippen molar-refractivity contribution in [2.75, 3.05) is 7.11 Å². The average Bonchev–Trinajstić information content (AvgIpc) is 2.94. The highest BCUT2D eigenvalue weighted by atomic mass is 79.9. The lowest BCUT2D eigenvalue weighted by atomic mass is 10.2. The molecule has 24 heavy (non-hydrogen) atoms. The number of methoxy groups -OCH3 is 1. The lowest BCUT2D eigenvalue weighted by molar-refractivity contribution is 0.414. The van der Waals surface area contributed by atoms with E-state index < -0.39 is 0 Å². The fraction of sp³-hybridized carbons (Fsp3) is 0.0625. The third kappa shape index (κ3) is 3.58. The first-order valence-electron chi connectivity index (χ1n) is 6.90. The van der Waals surface area contributed by atoms with Gasteiger partial charge in [-0.15, -0.1) is 0 Å². The Bertz CT molecular complexity index is 949. The maximum Gasteiger partial charge on any atom is 0.216 e. The summed E-state index contributed by atoms with van der Waals surface area (Å²) in [5.74, 6) is 1.31. The van der Waals surface area contributed by atoms with Crippen LogP contribution in [-0.2, 0) is 0 Å². The van der Waals surface area contributed by atoms with Crippen LogP contribution in [0.2, 0.25) is 5.02 Å². The molecule has 0 saturated carbocycles. The zero-order valence-corrected chi connectivity index (χ0v) is 15.7. The van der Waals surface area contributed by atoms with Gasteiger partial charge in [-0.2, -0.15) is 14.9 Å². The van der Waals surface area contributed by atoms with Gasteiger partial charge in [0, 0.05) is 20.6 Å². The average molecular weight is 424 g/mol. The molecule has 0 bridgehead atoms.